The molecule has 0 radical (unpaired) electrons. The molecule has 90 valence electrons. The van der Waals surface area contributed by atoms with Gasteiger partial charge in [-0.2, -0.15) is 13.2 Å². The molecule has 0 atom stereocenters. The van der Waals surface area contributed by atoms with Crippen LogP contribution < -0.4 is 4.74 Å². The second kappa shape index (κ2) is 4.68. The van der Waals surface area contributed by atoms with Crippen molar-refractivity contribution in [2.75, 3.05) is 7.11 Å². The minimum absolute atomic E-state index is 0.280. The topological polar surface area (TPSA) is 22.1 Å². The maximum atomic E-state index is 12.4. The van der Waals surface area contributed by atoms with Crippen molar-refractivity contribution in [2.45, 2.75) is 12.6 Å². The van der Waals surface area contributed by atoms with Crippen molar-refractivity contribution in [3.63, 3.8) is 0 Å². The van der Waals surface area contributed by atoms with Crippen LogP contribution in [-0.2, 0) is 6.18 Å². The van der Waals surface area contributed by atoms with Gasteiger partial charge in [-0.1, -0.05) is 0 Å². The molecule has 1 aromatic heterocycles. The second-order valence-electron chi connectivity index (χ2n) is 2.71. The van der Waals surface area contributed by atoms with E-state index in [1.807, 2.05) is 0 Å². The van der Waals surface area contributed by atoms with Crippen LogP contribution >= 0.6 is 22.6 Å². The summed E-state index contributed by atoms with van der Waals surface area (Å²) in [4.78, 5) is 2.97. The molecule has 0 amide bonds. The van der Waals surface area contributed by atoms with E-state index in [1.165, 1.54) is 22.6 Å². The minimum atomic E-state index is -4.73. The molecule has 16 heavy (non-hydrogen) atoms. The summed E-state index contributed by atoms with van der Waals surface area (Å²) >= 11 is 1.38. The van der Waals surface area contributed by atoms with Gasteiger partial charge in [-0.3, -0.25) is 0 Å². The van der Waals surface area contributed by atoms with Crippen molar-refractivity contribution >= 4 is 22.6 Å². The number of rotatable bonds is 2. The lowest BCUT2D eigenvalue weighted by molar-refractivity contribution is -0.142. The van der Waals surface area contributed by atoms with Gasteiger partial charge in [-0.05, 0) is 22.6 Å². The molecule has 0 saturated carbocycles. The van der Waals surface area contributed by atoms with Crippen molar-refractivity contribution < 1.29 is 26.7 Å². The number of methoxy groups -OCH3 is 1. The van der Waals surface area contributed by atoms with E-state index in [2.05, 4.69) is 9.72 Å². The van der Waals surface area contributed by atoms with E-state index in [1.54, 1.807) is 0 Å². The highest BCUT2D eigenvalue weighted by Crippen LogP contribution is 2.40. The van der Waals surface area contributed by atoms with Crippen LogP contribution in [0.3, 0.4) is 0 Å². The van der Waals surface area contributed by atoms with Gasteiger partial charge in [0.25, 0.3) is 6.43 Å². The van der Waals surface area contributed by atoms with Crippen LogP contribution in [0, 0.1) is 3.57 Å². The van der Waals surface area contributed by atoms with Crippen molar-refractivity contribution in [3.8, 4) is 5.75 Å². The van der Waals surface area contributed by atoms with Gasteiger partial charge in [0.15, 0.2) is 11.4 Å². The molecular weight excluding hydrogens is 348 g/mol. The third kappa shape index (κ3) is 2.53. The maximum Gasteiger partial charge on any atom is 0.437 e. The van der Waals surface area contributed by atoms with E-state index in [0.717, 1.165) is 7.11 Å². The summed E-state index contributed by atoms with van der Waals surface area (Å²) in [6.45, 7) is 0. The molecule has 0 aliphatic carbocycles. The Labute approximate surface area is 101 Å². The van der Waals surface area contributed by atoms with E-state index in [0.29, 0.717) is 6.20 Å². The smallest absolute Gasteiger partial charge is 0.437 e. The SMILES string of the molecule is COc1c(C(F)(F)F)ncc(C(F)F)c1I. The Balaban J connectivity index is 3.41. The molecule has 0 aromatic carbocycles. The van der Waals surface area contributed by atoms with E-state index in [9.17, 15) is 22.0 Å². The largest absolute Gasteiger partial charge is 0.493 e. The average Bonchev–Trinajstić information content (AvgIpc) is 2.15. The molecule has 8 heteroatoms. The minimum Gasteiger partial charge on any atom is -0.493 e. The zero-order chi connectivity index (χ0) is 12.5. The first kappa shape index (κ1) is 13.4. The first-order chi connectivity index (χ1) is 7.29. The summed E-state index contributed by atoms with van der Waals surface area (Å²) < 4.78 is 66.2. The highest BCUT2D eigenvalue weighted by molar-refractivity contribution is 14.1. The normalized spacial score (nSPS) is 12.0. The summed E-state index contributed by atoms with van der Waals surface area (Å²) in [7, 11) is 0.976. The Bertz CT molecular complexity index is 393. The fourth-order valence-electron chi connectivity index (χ4n) is 1.02. The van der Waals surface area contributed by atoms with Gasteiger partial charge < -0.3 is 4.74 Å². The van der Waals surface area contributed by atoms with Crippen molar-refractivity contribution in [3.05, 3.63) is 21.0 Å². The molecule has 0 fully saturated rings. The van der Waals surface area contributed by atoms with E-state index in [-0.39, 0.29) is 3.57 Å². The van der Waals surface area contributed by atoms with Crippen LogP contribution in [0.25, 0.3) is 0 Å². The highest BCUT2D eigenvalue weighted by atomic mass is 127. The first-order valence-corrected chi connectivity index (χ1v) is 4.94. The summed E-state index contributed by atoms with van der Waals surface area (Å²) in [5.74, 6) is -0.675. The van der Waals surface area contributed by atoms with Crippen LogP contribution in [0.1, 0.15) is 17.7 Å². The van der Waals surface area contributed by atoms with Gasteiger partial charge in [-0.15, -0.1) is 0 Å². The number of nitrogens with zero attached hydrogens (tertiary/aromatic N) is 1. The zero-order valence-electron chi connectivity index (χ0n) is 7.78. The van der Waals surface area contributed by atoms with E-state index < -0.39 is 29.6 Å². The second-order valence-corrected chi connectivity index (χ2v) is 3.79. The molecular formula is C8H5F5INO. The van der Waals surface area contributed by atoms with Gasteiger partial charge in [0.05, 0.1) is 16.2 Å². The Morgan fingerprint density at radius 3 is 2.31 bits per heavy atom. The summed E-state index contributed by atoms with van der Waals surface area (Å²) in [5, 5.41) is 0. The van der Waals surface area contributed by atoms with Gasteiger partial charge in [-0.25, -0.2) is 13.8 Å². The quantitative estimate of drug-likeness (QED) is 0.598. The van der Waals surface area contributed by atoms with Gasteiger partial charge in [0, 0.05) is 6.20 Å². The Hall–Kier alpha value is -0.670. The Morgan fingerprint density at radius 1 is 1.38 bits per heavy atom. The fraction of sp³-hybridized carbons (Fsp3) is 0.375. The molecule has 0 unspecified atom stereocenters. The third-order valence-corrected chi connectivity index (χ3v) is 2.82. The van der Waals surface area contributed by atoms with Crippen molar-refractivity contribution in [2.24, 2.45) is 0 Å². The number of alkyl halides is 5. The lowest BCUT2D eigenvalue weighted by atomic mass is 10.2. The van der Waals surface area contributed by atoms with Crippen LogP contribution in [0.4, 0.5) is 22.0 Å². The average molecular weight is 353 g/mol. The zero-order valence-corrected chi connectivity index (χ0v) is 9.94. The summed E-state index contributed by atoms with van der Waals surface area (Å²) in [5.41, 5.74) is -1.88. The molecule has 0 bridgehead atoms. The van der Waals surface area contributed by atoms with Crippen molar-refractivity contribution in [1.82, 2.24) is 4.98 Å². The molecule has 0 aliphatic heterocycles. The van der Waals surface area contributed by atoms with Gasteiger partial charge >= 0.3 is 6.18 Å². The monoisotopic (exact) mass is 353 g/mol. The number of halogens is 6. The predicted molar refractivity (Wildman–Crippen MR) is 53.5 cm³/mol. The molecule has 0 spiro atoms. The van der Waals surface area contributed by atoms with Crippen LogP contribution in [0.5, 0.6) is 5.75 Å². The lowest BCUT2D eigenvalue weighted by Gasteiger charge is -2.14. The number of ether oxygens (including phenoxy) is 1. The van der Waals surface area contributed by atoms with Crippen LogP contribution in [-0.4, -0.2) is 12.1 Å². The number of aromatic nitrogens is 1. The maximum absolute atomic E-state index is 12.4. The number of hydrogen-bond acceptors (Lipinski definition) is 2. The lowest BCUT2D eigenvalue weighted by Crippen LogP contribution is -2.12. The summed E-state index contributed by atoms with van der Waals surface area (Å²) in [6.07, 6.45) is -7.11. The molecule has 0 saturated heterocycles. The Kier molecular flexibility index (Phi) is 3.92. The molecule has 2 nitrogen and oxygen atoms in total. The van der Waals surface area contributed by atoms with Crippen molar-refractivity contribution in [1.29, 1.82) is 0 Å². The molecule has 0 aliphatic rings. The summed E-state index contributed by atoms with van der Waals surface area (Å²) in [6, 6.07) is 0. The van der Waals surface area contributed by atoms with Crippen LogP contribution in [0.15, 0.2) is 6.20 Å². The molecule has 1 aromatic rings. The van der Waals surface area contributed by atoms with Gasteiger partial charge in [0.1, 0.15) is 0 Å². The van der Waals surface area contributed by atoms with E-state index >= 15 is 0 Å². The standard InChI is InChI=1S/C8H5F5INO/c1-16-5-4(14)3(7(9)10)2-15-6(5)8(11,12)13/h2,7H,1H3. The fourth-order valence-corrected chi connectivity index (χ4v) is 1.88. The third-order valence-electron chi connectivity index (χ3n) is 1.71. The molecule has 1 rings (SSSR count). The molecule has 1 heterocycles. The van der Waals surface area contributed by atoms with Gasteiger partial charge in [0.2, 0.25) is 0 Å². The first-order valence-electron chi connectivity index (χ1n) is 3.86. The van der Waals surface area contributed by atoms with E-state index in [4.69, 9.17) is 0 Å². The number of hydrogen-bond donors (Lipinski definition) is 0. The number of pyridine rings is 1. The van der Waals surface area contributed by atoms with Crippen LogP contribution in [0.2, 0.25) is 0 Å². The Morgan fingerprint density at radius 2 is 1.94 bits per heavy atom. The highest BCUT2D eigenvalue weighted by Gasteiger charge is 2.38. The molecule has 0 N–H and O–H groups in total. The predicted octanol–water partition coefficient (Wildman–Crippen LogP) is 3.65.